The summed E-state index contributed by atoms with van der Waals surface area (Å²) in [6.45, 7) is 6.91. The monoisotopic (exact) mass is 226 g/mol. The predicted molar refractivity (Wildman–Crippen MR) is 66.9 cm³/mol. The van der Waals surface area contributed by atoms with Gasteiger partial charge in [0, 0.05) is 12.1 Å². The third-order valence-corrected chi connectivity index (χ3v) is 2.80. The van der Waals surface area contributed by atoms with E-state index in [4.69, 9.17) is 12.2 Å². The molecule has 4 heteroatoms. The summed E-state index contributed by atoms with van der Waals surface area (Å²) in [6, 6.07) is 0. The first-order valence-electron chi connectivity index (χ1n) is 5.43. The number of anilines is 1. The van der Waals surface area contributed by atoms with Gasteiger partial charge in [0.15, 0.2) is 0 Å². The largest absolute Gasteiger partial charge is 0.383 e. The molecule has 0 aromatic heterocycles. The Morgan fingerprint density at radius 2 is 2.00 bits per heavy atom. The number of hydrogen-bond donors (Lipinski definition) is 2. The van der Waals surface area contributed by atoms with E-state index < -0.39 is 0 Å². The zero-order valence-electron chi connectivity index (χ0n) is 9.35. The average molecular weight is 226 g/mol. The van der Waals surface area contributed by atoms with Crippen LogP contribution in [0.4, 0.5) is 5.69 Å². The highest BCUT2D eigenvalue weighted by molar-refractivity contribution is 7.71. The minimum atomic E-state index is 0.0246. The lowest BCUT2D eigenvalue weighted by atomic mass is 10.1. The van der Waals surface area contributed by atoms with Crippen LogP contribution >= 0.6 is 12.2 Å². The predicted octanol–water partition coefficient (Wildman–Crippen LogP) is 1.76. The summed E-state index contributed by atoms with van der Waals surface area (Å²) in [7, 11) is 0. The zero-order valence-corrected chi connectivity index (χ0v) is 10.2. The van der Waals surface area contributed by atoms with Gasteiger partial charge in [-0.2, -0.15) is 0 Å². The zero-order chi connectivity index (χ0) is 11.3. The molecule has 2 N–H and O–H groups in total. The summed E-state index contributed by atoms with van der Waals surface area (Å²) in [4.78, 5) is 11.1. The first-order valence-corrected chi connectivity index (χ1v) is 5.83. The van der Waals surface area contributed by atoms with E-state index in [9.17, 15) is 4.79 Å². The smallest absolute Gasteiger partial charge is 0.203 e. The first-order chi connectivity index (χ1) is 7.18. The number of rotatable bonds is 7. The Bertz CT molecular complexity index is 380. The Kier molecular flexibility index (Phi) is 4.91. The van der Waals surface area contributed by atoms with Crippen molar-refractivity contribution in [3.05, 3.63) is 20.3 Å². The molecule has 0 atom stereocenters. The van der Waals surface area contributed by atoms with Crippen LogP contribution in [0, 0.1) is 11.4 Å². The van der Waals surface area contributed by atoms with Crippen LogP contribution in [0.1, 0.15) is 25.3 Å². The quantitative estimate of drug-likeness (QED) is 0.549. The van der Waals surface area contributed by atoms with Gasteiger partial charge in [-0.05, 0) is 32.9 Å². The van der Waals surface area contributed by atoms with Gasteiger partial charge < -0.3 is 10.6 Å². The lowest BCUT2D eigenvalue weighted by molar-refractivity contribution is 0.651. The Hall–Kier alpha value is -0.740. The summed E-state index contributed by atoms with van der Waals surface area (Å²) >= 11 is 4.94. The molecule has 1 aromatic carbocycles. The lowest BCUT2D eigenvalue weighted by Gasteiger charge is -2.11. The molecular weight excluding hydrogens is 208 g/mol. The van der Waals surface area contributed by atoms with E-state index in [0.29, 0.717) is 4.51 Å². The van der Waals surface area contributed by atoms with Crippen LogP contribution in [0.2, 0.25) is 0 Å². The molecule has 1 aromatic rings. The van der Waals surface area contributed by atoms with Crippen molar-refractivity contribution in [2.75, 3.05) is 25.0 Å². The fourth-order valence-electron chi connectivity index (χ4n) is 1.45. The molecule has 0 aliphatic rings. The molecular formula is C11H18N2OS. The standard InChI is InChI=1S/C11H18N2OS/c1-3-5-12-6-4-7-13-9-8(2)10(14)11(9)15/h12-13H,3-7H2,1-2H3. The van der Waals surface area contributed by atoms with Crippen LogP contribution in [-0.2, 0) is 0 Å². The molecule has 3 nitrogen and oxygen atoms in total. The van der Waals surface area contributed by atoms with Crippen molar-refractivity contribution in [2.45, 2.75) is 26.7 Å². The van der Waals surface area contributed by atoms with E-state index in [2.05, 4.69) is 17.6 Å². The summed E-state index contributed by atoms with van der Waals surface area (Å²) in [6.07, 6.45) is 2.21. The minimum absolute atomic E-state index is 0.0246. The molecule has 0 aliphatic heterocycles. The van der Waals surface area contributed by atoms with E-state index in [0.717, 1.165) is 43.7 Å². The summed E-state index contributed by atoms with van der Waals surface area (Å²) in [5.74, 6) is 0. The van der Waals surface area contributed by atoms with E-state index in [1.165, 1.54) is 0 Å². The van der Waals surface area contributed by atoms with Crippen molar-refractivity contribution >= 4 is 17.9 Å². The molecule has 0 saturated heterocycles. The molecule has 0 saturated carbocycles. The van der Waals surface area contributed by atoms with Gasteiger partial charge in [0.25, 0.3) is 0 Å². The van der Waals surface area contributed by atoms with E-state index in [-0.39, 0.29) is 5.43 Å². The molecule has 0 spiro atoms. The van der Waals surface area contributed by atoms with Crippen molar-refractivity contribution in [1.29, 1.82) is 0 Å². The van der Waals surface area contributed by atoms with Gasteiger partial charge in [0.05, 0.1) is 5.69 Å². The minimum Gasteiger partial charge on any atom is -0.383 e. The molecule has 84 valence electrons. The fraction of sp³-hybridized carbons (Fsp3) is 0.636. The molecule has 0 amide bonds. The van der Waals surface area contributed by atoms with Crippen LogP contribution in [0.5, 0.6) is 0 Å². The molecule has 15 heavy (non-hydrogen) atoms. The molecule has 1 rings (SSSR count). The van der Waals surface area contributed by atoms with Gasteiger partial charge in [-0.3, -0.25) is 4.79 Å². The van der Waals surface area contributed by atoms with Crippen molar-refractivity contribution in [2.24, 2.45) is 0 Å². The highest BCUT2D eigenvalue weighted by atomic mass is 32.1. The van der Waals surface area contributed by atoms with E-state index in [1.54, 1.807) is 0 Å². The molecule has 0 aliphatic carbocycles. The third kappa shape index (κ3) is 3.11. The fourth-order valence-corrected chi connectivity index (χ4v) is 1.82. The van der Waals surface area contributed by atoms with Crippen LogP contribution in [0.15, 0.2) is 4.79 Å². The van der Waals surface area contributed by atoms with Gasteiger partial charge in [0.1, 0.15) is 4.51 Å². The second kappa shape index (κ2) is 5.98. The highest BCUT2D eigenvalue weighted by Gasteiger charge is 2.11. The van der Waals surface area contributed by atoms with Crippen LogP contribution < -0.4 is 16.1 Å². The van der Waals surface area contributed by atoms with Gasteiger partial charge in [-0.1, -0.05) is 19.1 Å². The van der Waals surface area contributed by atoms with Gasteiger partial charge in [0.2, 0.25) is 5.43 Å². The molecule has 0 radical (unpaired) electrons. The van der Waals surface area contributed by atoms with Gasteiger partial charge >= 0.3 is 0 Å². The Balaban J connectivity index is 2.17. The van der Waals surface area contributed by atoms with Crippen LogP contribution in [0.3, 0.4) is 0 Å². The second-order valence-electron chi connectivity index (χ2n) is 3.69. The topological polar surface area (TPSA) is 41.1 Å². The van der Waals surface area contributed by atoms with Crippen molar-refractivity contribution < 1.29 is 0 Å². The summed E-state index contributed by atoms with van der Waals surface area (Å²) < 4.78 is 0.467. The SMILES string of the molecule is CCCNCCCNc1c(C)c(=O)c1=S. The van der Waals surface area contributed by atoms with Crippen LogP contribution in [0.25, 0.3) is 0 Å². The maximum Gasteiger partial charge on any atom is 0.203 e. The van der Waals surface area contributed by atoms with E-state index >= 15 is 0 Å². The van der Waals surface area contributed by atoms with Crippen LogP contribution in [-0.4, -0.2) is 19.6 Å². The summed E-state index contributed by atoms with van der Waals surface area (Å²) in [5.41, 5.74) is 1.68. The van der Waals surface area contributed by atoms with Crippen molar-refractivity contribution in [1.82, 2.24) is 5.32 Å². The third-order valence-electron chi connectivity index (χ3n) is 2.41. The maximum absolute atomic E-state index is 11.1. The number of hydrogen-bond acceptors (Lipinski definition) is 4. The molecule has 0 fully saturated rings. The summed E-state index contributed by atoms with van der Waals surface area (Å²) in [5, 5.41) is 6.52. The second-order valence-corrected chi connectivity index (χ2v) is 4.10. The molecule has 0 bridgehead atoms. The lowest BCUT2D eigenvalue weighted by Crippen LogP contribution is -2.22. The highest BCUT2D eigenvalue weighted by Crippen LogP contribution is 2.14. The first kappa shape index (κ1) is 12.3. The van der Waals surface area contributed by atoms with Crippen molar-refractivity contribution in [3.63, 3.8) is 0 Å². The maximum atomic E-state index is 11.1. The van der Waals surface area contributed by atoms with Gasteiger partial charge in [-0.25, -0.2) is 0 Å². The van der Waals surface area contributed by atoms with E-state index in [1.807, 2.05) is 6.92 Å². The Labute approximate surface area is 95.6 Å². The number of nitrogens with one attached hydrogen (secondary N) is 2. The van der Waals surface area contributed by atoms with Crippen molar-refractivity contribution in [3.8, 4) is 0 Å². The average Bonchev–Trinajstić information content (AvgIpc) is 2.26. The Morgan fingerprint density at radius 1 is 1.27 bits per heavy atom. The van der Waals surface area contributed by atoms with Gasteiger partial charge in [-0.15, -0.1) is 0 Å². The molecule has 0 unspecified atom stereocenters. The molecule has 0 heterocycles. The Morgan fingerprint density at radius 3 is 2.60 bits per heavy atom. The normalized spacial score (nSPS) is 10.8.